The predicted octanol–water partition coefficient (Wildman–Crippen LogP) is 4.41. The lowest BCUT2D eigenvalue weighted by Crippen LogP contribution is -2.51. The molecular formula is C15H25NOSi. The maximum Gasteiger partial charge on any atom is 0.168 e. The van der Waals surface area contributed by atoms with Gasteiger partial charge in [-0.1, -0.05) is 41.5 Å². The van der Waals surface area contributed by atoms with E-state index in [0.29, 0.717) is 22.2 Å². The molecule has 0 bridgehead atoms. The molecule has 1 heterocycles. The highest BCUT2D eigenvalue weighted by Crippen LogP contribution is 2.42. The van der Waals surface area contributed by atoms with Crippen LogP contribution in [-0.2, 0) is 0 Å². The number of hydrogen-bond acceptors (Lipinski definition) is 1. The average molecular weight is 263 g/mol. The van der Waals surface area contributed by atoms with Gasteiger partial charge in [0.1, 0.15) is 0 Å². The van der Waals surface area contributed by atoms with Gasteiger partial charge in [-0.2, -0.15) is 0 Å². The van der Waals surface area contributed by atoms with Crippen LogP contribution < -0.4 is 0 Å². The van der Waals surface area contributed by atoms with Gasteiger partial charge >= 0.3 is 0 Å². The largest absolute Gasteiger partial charge is 0.379 e. The maximum atomic E-state index is 11.3. The highest BCUT2D eigenvalue weighted by atomic mass is 28.3. The van der Waals surface area contributed by atoms with Gasteiger partial charge in [-0.3, -0.25) is 4.79 Å². The lowest BCUT2D eigenvalue weighted by molar-refractivity contribution is 0.104. The monoisotopic (exact) mass is 263 g/mol. The van der Waals surface area contributed by atoms with E-state index in [9.17, 15) is 4.79 Å². The van der Waals surface area contributed by atoms with Crippen LogP contribution >= 0.6 is 0 Å². The Labute approximate surface area is 112 Å². The Morgan fingerprint density at radius 1 is 1.11 bits per heavy atom. The summed E-state index contributed by atoms with van der Waals surface area (Å²) in [5.74, 6) is -0.340. The van der Waals surface area contributed by atoms with Crippen LogP contribution in [-0.4, -0.2) is 18.3 Å². The molecule has 2 nitrogen and oxygen atoms in total. The minimum absolute atomic E-state index is 0.340. The minimum Gasteiger partial charge on any atom is -0.379 e. The fraction of sp³-hybridized carbons (Fsp3) is 0.600. The molecule has 0 unspecified atom stereocenters. The van der Waals surface area contributed by atoms with Crippen molar-refractivity contribution in [2.75, 3.05) is 0 Å². The molecule has 0 N–H and O–H groups in total. The van der Waals surface area contributed by atoms with E-state index in [1.165, 1.54) is 0 Å². The Morgan fingerprint density at radius 3 is 1.83 bits per heavy atom. The van der Waals surface area contributed by atoms with Gasteiger partial charge in [-0.05, 0) is 28.9 Å². The zero-order chi connectivity index (χ0) is 14.1. The second kappa shape index (κ2) is 5.43. The van der Waals surface area contributed by atoms with Gasteiger partial charge in [-0.25, -0.2) is 0 Å². The molecular weight excluding hydrogens is 238 g/mol. The molecule has 0 saturated heterocycles. The second-order valence-corrected chi connectivity index (χ2v) is 11.8. The van der Waals surface area contributed by atoms with Crippen molar-refractivity contribution in [1.29, 1.82) is 0 Å². The normalized spacial score (nSPS) is 12.8. The molecule has 0 aliphatic carbocycles. The van der Waals surface area contributed by atoms with E-state index in [2.05, 4.69) is 45.8 Å². The molecule has 3 heteroatoms. The third-order valence-corrected chi connectivity index (χ3v) is 10.9. The van der Waals surface area contributed by atoms with E-state index >= 15 is 0 Å². The molecule has 0 spiro atoms. The lowest BCUT2D eigenvalue weighted by Gasteiger charge is -2.44. The first-order valence-electron chi connectivity index (χ1n) is 6.72. The summed E-state index contributed by atoms with van der Waals surface area (Å²) in [6.07, 6.45) is 4.00. The van der Waals surface area contributed by atoms with Crippen molar-refractivity contribution in [3.05, 3.63) is 30.9 Å². The first-order valence-corrected chi connectivity index (χ1v) is 8.90. The van der Waals surface area contributed by atoms with E-state index in [-0.39, 0.29) is 5.78 Å². The van der Waals surface area contributed by atoms with Crippen LogP contribution in [0.3, 0.4) is 0 Å². The van der Waals surface area contributed by atoms with Crippen LogP contribution in [0.15, 0.2) is 18.5 Å². The fourth-order valence-electron chi connectivity index (χ4n) is 3.68. The van der Waals surface area contributed by atoms with Crippen LogP contribution in [0.2, 0.25) is 16.6 Å². The van der Waals surface area contributed by atoms with Gasteiger partial charge in [0.25, 0.3) is 0 Å². The summed E-state index contributed by atoms with van der Waals surface area (Å²) in [6, 6.07) is 1.84. The summed E-state index contributed by atoms with van der Waals surface area (Å²) in [6.45, 7) is 19.2. The van der Waals surface area contributed by atoms with E-state index in [0.717, 1.165) is 0 Å². The maximum absolute atomic E-state index is 11.3. The Morgan fingerprint density at radius 2 is 1.56 bits per heavy atom. The average Bonchev–Trinajstić information content (AvgIpc) is 2.66. The van der Waals surface area contributed by atoms with Crippen LogP contribution in [0.1, 0.15) is 51.9 Å². The van der Waals surface area contributed by atoms with Crippen molar-refractivity contribution in [3.63, 3.8) is 0 Å². The van der Waals surface area contributed by atoms with Gasteiger partial charge < -0.3 is 4.23 Å². The van der Waals surface area contributed by atoms with Crippen molar-refractivity contribution >= 4 is 14.0 Å². The summed E-state index contributed by atoms with van der Waals surface area (Å²) in [4.78, 5) is 11.3. The van der Waals surface area contributed by atoms with E-state index in [1.54, 1.807) is 0 Å². The van der Waals surface area contributed by atoms with Crippen molar-refractivity contribution in [2.45, 2.75) is 58.2 Å². The van der Waals surface area contributed by atoms with Gasteiger partial charge in [0, 0.05) is 18.7 Å². The van der Waals surface area contributed by atoms with Gasteiger partial charge in [0.05, 0.1) is 0 Å². The van der Waals surface area contributed by atoms with Crippen LogP contribution in [0.5, 0.6) is 0 Å². The molecule has 0 aliphatic heterocycles. The number of rotatable bonds is 5. The number of ketones is 1. The second-order valence-electron chi connectivity index (χ2n) is 6.02. The van der Waals surface area contributed by atoms with Crippen molar-refractivity contribution in [1.82, 2.24) is 4.23 Å². The van der Waals surface area contributed by atoms with E-state index in [1.807, 2.05) is 18.5 Å². The fourth-order valence-corrected chi connectivity index (χ4v) is 10.2. The molecule has 0 amide bonds. The number of carbonyl (C=O) groups is 1. The molecule has 100 valence electrons. The summed E-state index contributed by atoms with van der Waals surface area (Å²) >= 11 is 0. The molecule has 0 aromatic carbocycles. The standard InChI is InChI=1S/C15H25NOSi/c1-11(2)18(12(3)4,13(5)6)16-9-8-15(10-16)14(7)17/h7-13H,1-6H3. The number of carbonyl (C=O) groups excluding carboxylic acids is 1. The Hall–Kier alpha value is -0.833. The first kappa shape index (κ1) is 15.2. The molecule has 0 aliphatic rings. The molecule has 1 aromatic rings. The highest BCUT2D eigenvalue weighted by Gasteiger charge is 2.44. The lowest BCUT2D eigenvalue weighted by atomic mass is 10.2. The van der Waals surface area contributed by atoms with Gasteiger partial charge in [0.2, 0.25) is 0 Å². The number of nitrogens with zero attached hydrogens (tertiary/aromatic N) is 1. The zero-order valence-corrected chi connectivity index (χ0v) is 13.4. The van der Waals surface area contributed by atoms with Crippen LogP contribution in [0.25, 0.3) is 0 Å². The van der Waals surface area contributed by atoms with Crippen molar-refractivity contribution < 1.29 is 4.79 Å². The molecule has 0 atom stereocenters. The first-order chi connectivity index (χ1) is 8.24. The zero-order valence-electron chi connectivity index (χ0n) is 12.4. The van der Waals surface area contributed by atoms with Gasteiger partial charge in [0.15, 0.2) is 14.0 Å². The molecule has 1 rings (SSSR count). The topological polar surface area (TPSA) is 22.0 Å². The highest BCUT2D eigenvalue weighted by molar-refractivity contribution is 6.82. The van der Waals surface area contributed by atoms with Crippen LogP contribution in [0, 0.1) is 6.92 Å². The minimum atomic E-state index is -1.72. The number of hydrogen-bond donors (Lipinski definition) is 0. The quantitative estimate of drug-likeness (QED) is 0.570. The molecule has 2 radical (unpaired) electrons. The third-order valence-electron chi connectivity index (χ3n) is 4.20. The van der Waals surface area contributed by atoms with Crippen LogP contribution in [0.4, 0.5) is 0 Å². The summed E-state index contributed by atoms with van der Waals surface area (Å²) < 4.78 is 2.33. The van der Waals surface area contributed by atoms with Gasteiger partial charge in [-0.15, -0.1) is 0 Å². The Balaban J connectivity index is 3.37. The van der Waals surface area contributed by atoms with Crippen molar-refractivity contribution in [3.8, 4) is 0 Å². The molecule has 0 saturated carbocycles. The molecule has 1 aromatic heterocycles. The van der Waals surface area contributed by atoms with E-state index in [4.69, 9.17) is 6.92 Å². The van der Waals surface area contributed by atoms with E-state index < -0.39 is 8.24 Å². The number of aromatic nitrogens is 1. The molecule has 18 heavy (non-hydrogen) atoms. The summed E-state index contributed by atoms with van der Waals surface area (Å²) in [5, 5.41) is 0. The summed E-state index contributed by atoms with van der Waals surface area (Å²) in [5.41, 5.74) is 2.47. The Kier molecular flexibility index (Phi) is 4.59. The smallest absolute Gasteiger partial charge is 0.168 e. The number of Topliss-reactive ketones (excluding diaryl/α,β-unsaturated/α-hetero) is 1. The molecule has 0 fully saturated rings. The third kappa shape index (κ3) is 2.33. The SMILES string of the molecule is [CH]C(=O)c1ccn([Si](C(C)C)(C(C)C)C(C)C)c1. The predicted molar refractivity (Wildman–Crippen MR) is 79.5 cm³/mol. The van der Waals surface area contributed by atoms with Crippen molar-refractivity contribution in [2.24, 2.45) is 0 Å². The summed E-state index contributed by atoms with van der Waals surface area (Å²) in [7, 11) is -1.72. The Bertz CT molecular complexity index is 396.